The quantitative estimate of drug-likeness (QED) is 0.799. The second-order valence-electron chi connectivity index (χ2n) is 3.04. The van der Waals surface area contributed by atoms with Crippen LogP contribution in [-0.2, 0) is 0 Å². The Bertz CT molecular complexity index is 326. The van der Waals surface area contributed by atoms with Gasteiger partial charge in [-0.2, -0.15) is 0 Å². The van der Waals surface area contributed by atoms with Gasteiger partial charge < -0.3 is 10.4 Å². The molecule has 1 aromatic rings. The first kappa shape index (κ1) is 11.0. The highest BCUT2D eigenvalue weighted by Gasteiger charge is 2.09. The third kappa shape index (κ3) is 3.01. The summed E-state index contributed by atoms with van der Waals surface area (Å²) in [5.74, 6) is -0.267. The lowest BCUT2D eigenvalue weighted by molar-refractivity contribution is 0.0924. The molecule has 0 spiro atoms. The number of aliphatic hydroxyl groups excluding tert-OH is 1. The van der Waals surface area contributed by atoms with Gasteiger partial charge in [0.05, 0.1) is 16.7 Å². The first-order valence-electron chi connectivity index (χ1n) is 4.32. The summed E-state index contributed by atoms with van der Waals surface area (Å²) in [4.78, 5) is 11.5. The van der Waals surface area contributed by atoms with Gasteiger partial charge in [-0.15, -0.1) is 0 Å². The molecule has 3 nitrogen and oxygen atoms in total. The Balaban J connectivity index is 2.65. The van der Waals surface area contributed by atoms with Crippen molar-refractivity contribution in [2.45, 2.75) is 13.0 Å². The van der Waals surface area contributed by atoms with E-state index in [9.17, 15) is 4.79 Å². The molecule has 0 saturated carbocycles. The predicted octanol–water partition coefficient (Wildman–Crippen LogP) is 1.45. The van der Waals surface area contributed by atoms with Crippen LogP contribution >= 0.6 is 11.6 Å². The highest BCUT2D eigenvalue weighted by Crippen LogP contribution is 2.14. The zero-order chi connectivity index (χ0) is 10.6. The fraction of sp³-hybridized carbons (Fsp3) is 0.300. The number of carbonyl (C=O) groups is 1. The Morgan fingerprint density at radius 2 is 2.21 bits per heavy atom. The number of rotatable bonds is 3. The van der Waals surface area contributed by atoms with E-state index >= 15 is 0 Å². The highest BCUT2D eigenvalue weighted by atomic mass is 35.5. The number of carbonyl (C=O) groups excluding carboxylic acids is 1. The maximum absolute atomic E-state index is 11.5. The van der Waals surface area contributed by atoms with Crippen LogP contribution in [0.4, 0.5) is 0 Å². The van der Waals surface area contributed by atoms with E-state index in [1.807, 2.05) is 0 Å². The van der Waals surface area contributed by atoms with Crippen LogP contribution in [0, 0.1) is 0 Å². The molecule has 1 rings (SSSR count). The number of hydrogen-bond donors (Lipinski definition) is 2. The third-order valence-electron chi connectivity index (χ3n) is 1.68. The standard InChI is InChI=1S/C10H12ClNO2/c1-7(13)6-12-10(14)8-4-2-3-5-9(8)11/h2-5,7,13H,6H2,1H3,(H,12,14)/t7-/m1/s1. The number of amides is 1. The normalized spacial score (nSPS) is 12.2. The summed E-state index contributed by atoms with van der Waals surface area (Å²) in [7, 11) is 0. The number of hydrogen-bond acceptors (Lipinski definition) is 2. The predicted molar refractivity (Wildman–Crippen MR) is 55.5 cm³/mol. The zero-order valence-electron chi connectivity index (χ0n) is 7.83. The van der Waals surface area contributed by atoms with Crippen molar-refractivity contribution in [2.75, 3.05) is 6.54 Å². The van der Waals surface area contributed by atoms with Gasteiger partial charge >= 0.3 is 0 Å². The second kappa shape index (κ2) is 4.98. The van der Waals surface area contributed by atoms with Crippen LogP contribution in [0.2, 0.25) is 5.02 Å². The fourth-order valence-corrected chi connectivity index (χ4v) is 1.20. The molecule has 0 fully saturated rings. The molecule has 0 aliphatic rings. The average molecular weight is 214 g/mol. The summed E-state index contributed by atoms with van der Waals surface area (Å²) in [5, 5.41) is 11.9. The molecule has 0 aromatic heterocycles. The molecule has 0 unspecified atom stereocenters. The summed E-state index contributed by atoms with van der Waals surface area (Å²) in [6.45, 7) is 1.83. The number of aliphatic hydroxyl groups is 1. The monoisotopic (exact) mass is 213 g/mol. The minimum atomic E-state index is -0.554. The smallest absolute Gasteiger partial charge is 0.252 e. The van der Waals surface area contributed by atoms with Crippen molar-refractivity contribution in [1.82, 2.24) is 5.32 Å². The van der Waals surface area contributed by atoms with Crippen molar-refractivity contribution in [2.24, 2.45) is 0 Å². The molecule has 0 aliphatic heterocycles. The van der Waals surface area contributed by atoms with Crippen LogP contribution in [-0.4, -0.2) is 23.7 Å². The van der Waals surface area contributed by atoms with Gasteiger partial charge in [0, 0.05) is 6.54 Å². The van der Waals surface area contributed by atoms with E-state index in [-0.39, 0.29) is 12.5 Å². The maximum Gasteiger partial charge on any atom is 0.252 e. The minimum absolute atomic E-state index is 0.226. The van der Waals surface area contributed by atoms with Gasteiger partial charge in [-0.3, -0.25) is 4.79 Å². The lowest BCUT2D eigenvalue weighted by Gasteiger charge is -2.07. The van der Waals surface area contributed by atoms with Gasteiger partial charge in [-0.25, -0.2) is 0 Å². The van der Waals surface area contributed by atoms with Gasteiger partial charge in [-0.05, 0) is 19.1 Å². The van der Waals surface area contributed by atoms with E-state index in [0.29, 0.717) is 10.6 Å². The van der Waals surface area contributed by atoms with Crippen molar-refractivity contribution >= 4 is 17.5 Å². The molecular weight excluding hydrogens is 202 g/mol. The number of benzene rings is 1. The maximum atomic E-state index is 11.5. The van der Waals surface area contributed by atoms with E-state index < -0.39 is 6.10 Å². The molecule has 0 saturated heterocycles. The van der Waals surface area contributed by atoms with Gasteiger partial charge in [0.15, 0.2) is 0 Å². The Kier molecular flexibility index (Phi) is 3.92. The third-order valence-corrected chi connectivity index (χ3v) is 2.01. The Hall–Kier alpha value is -1.06. The number of nitrogens with one attached hydrogen (secondary N) is 1. The van der Waals surface area contributed by atoms with Crippen molar-refractivity contribution in [3.05, 3.63) is 34.9 Å². The van der Waals surface area contributed by atoms with Crippen molar-refractivity contribution in [1.29, 1.82) is 0 Å². The second-order valence-corrected chi connectivity index (χ2v) is 3.45. The van der Waals surface area contributed by atoms with E-state index in [4.69, 9.17) is 16.7 Å². The molecular formula is C10H12ClNO2. The lowest BCUT2D eigenvalue weighted by atomic mass is 10.2. The molecule has 1 amide bonds. The van der Waals surface area contributed by atoms with Crippen LogP contribution in [0.15, 0.2) is 24.3 Å². The first-order chi connectivity index (χ1) is 6.61. The fourth-order valence-electron chi connectivity index (χ4n) is 0.981. The van der Waals surface area contributed by atoms with E-state index in [0.717, 1.165) is 0 Å². The van der Waals surface area contributed by atoms with E-state index in [1.54, 1.807) is 31.2 Å². The largest absolute Gasteiger partial charge is 0.392 e. The Morgan fingerprint density at radius 3 is 2.79 bits per heavy atom. The molecule has 0 radical (unpaired) electrons. The Morgan fingerprint density at radius 1 is 1.57 bits per heavy atom. The summed E-state index contributed by atoms with van der Waals surface area (Å²) in [5.41, 5.74) is 0.426. The van der Waals surface area contributed by atoms with Gasteiger partial charge in [-0.1, -0.05) is 23.7 Å². The summed E-state index contributed by atoms with van der Waals surface area (Å²) >= 11 is 5.81. The molecule has 76 valence electrons. The highest BCUT2D eigenvalue weighted by molar-refractivity contribution is 6.33. The topological polar surface area (TPSA) is 49.3 Å². The molecule has 0 heterocycles. The Labute approximate surface area is 87.7 Å². The van der Waals surface area contributed by atoms with Gasteiger partial charge in [0.2, 0.25) is 0 Å². The zero-order valence-corrected chi connectivity index (χ0v) is 8.58. The lowest BCUT2D eigenvalue weighted by Crippen LogP contribution is -2.30. The molecule has 0 bridgehead atoms. The van der Waals surface area contributed by atoms with Crippen LogP contribution < -0.4 is 5.32 Å². The molecule has 1 atom stereocenters. The average Bonchev–Trinajstić information content (AvgIpc) is 2.15. The SMILES string of the molecule is C[C@@H](O)CNC(=O)c1ccccc1Cl. The van der Waals surface area contributed by atoms with Crippen LogP contribution in [0.25, 0.3) is 0 Å². The van der Waals surface area contributed by atoms with Crippen molar-refractivity contribution in [3.8, 4) is 0 Å². The van der Waals surface area contributed by atoms with Crippen molar-refractivity contribution in [3.63, 3.8) is 0 Å². The van der Waals surface area contributed by atoms with E-state index in [1.165, 1.54) is 0 Å². The van der Waals surface area contributed by atoms with Crippen LogP contribution in [0.1, 0.15) is 17.3 Å². The van der Waals surface area contributed by atoms with Crippen LogP contribution in [0.5, 0.6) is 0 Å². The minimum Gasteiger partial charge on any atom is -0.392 e. The van der Waals surface area contributed by atoms with Gasteiger partial charge in [0.25, 0.3) is 5.91 Å². The van der Waals surface area contributed by atoms with Crippen LogP contribution in [0.3, 0.4) is 0 Å². The molecule has 0 aliphatic carbocycles. The molecule has 4 heteroatoms. The molecule has 1 aromatic carbocycles. The van der Waals surface area contributed by atoms with Gasteiger partial charge in [0.1, 0.15) is 0 Å². The summed E-state index contributed by atoms with van der Waals surface area (Å²) < 4.78 is 0. The summed E-state index contributed by atoms with van der Waals surface area (Å²) in [6, 6.07) is 6.79. The van der Waals surface area contributed by atoms with E-state index in [2.05, 4.69) is 5.32 Å². The first-order valence-corrected chi connectivity index (χ1v) is 4.70. The van der Waals surface area contributed by atoms with Crippen molar-refractivity contribution < 1.29 is 9.90 Å². The molecule has 14 heavy (non-hydrogen) atoms. The summed E-state index contributed by atoms with van der Waals surface area (Å²) in [6.07, 6.45) is -0.554. The molecule has 2 N–H and O–H groups in total. The number of halogens is 1.